The van der Waals surface area contributed by atoms with Crippen LogP contribution in [0.5, 0.6) is 11.6 Å². The summed E-state index contributed by atoms with van der Waals surface area (Å²) in [5, 5.41) is 15.0. The highest BCUT2D eigenvalue weighted by Gasteiger charge is 2.32. The smallest absolute Gasteiger partial charge is 0.230 e. The normalized spacial score (nSPS) is 17.6. The first-order valence-electron chi connectivity index (χ1n) is 9.24. The third-order valence-electron chi connectivity index (χ3n) is 4.87. The molecular weight excluding hydrogens is 362 g/mol. The molecule has 4 rings (SSSR count). The number of likely N-dealkylation sites (N-methyl/N-ethyl adjacent to an activating group) is 1. The monoisotopic (exact) mass is 387 g/mol. The Hall–Kier alpha value is -2.16. The molecule has 1 atom stereocenters. The van der Waals surface area contributed by atoms with Crippen molar-refractivity contribution in [3.8, 4) is 11.6 Å². The van der Waals surface area contributed by atoms with Gasteiger partial charge < -0.3 is 14.7 Å². The van der Waals surface area contributed by atoms with Gasteiger partial charge in [-0.1, -0.05) is 29.5 Å². The van der Waals surface area contributed by atoms with Crippen molar-refractivity contribution in [1.29, 1.82) is 0 Å². The van der Waals surface area contributed by atoms with Crippen molar-refractivity contribution in [3.05, 3.63) is 41.0 Å². The Balaban J connectivity index is 1.82. The van der Waals surface area contributed by atoms with E-state index in [9.17, 15) is 5.11 Å². The van der Waals surface area contributed by atoms with E-state index in [2.05, 4.69) is 33.0 Å². The third kappa shape index (κ3) is 3.52. The molecular formula is C19H25N5O2S. The number of benzene rings is 1. The van der Waals surface area contributed by atoms with Crippen LogP contribution in [0.25, 0.3) is 4.96 Å². The zero-order valence-corrected chi connectivity index (χ0v) is 16.7. The van der Waals surface area contributed by atoms with Gasteiger partial charge in [0.1, 0.15) is 12.1 Å². The molecule has 27 heavy (non-hydrogen) atoms. The maximum Gasteiger partial charge on any atom is 0.230 e. The van der Waals surface area contributed by atoms with E-state index < -0.39 is 0 Å². The van der Waals surface area contributed by atoms with Crippen molar-refractivity contribution < 1.29 is 9.84 Å². The summed E-state index contributed by atoms with van der Waals surface area (Å²) in [5.74, 6) is 1.02. The Bertz CT molecular complexity index is 914. The highest BCUT2D eigenvalue weighted by molar-refractivity contribution is 7.17. The van der Waals surface area contributed by atoms with Gasteiger partial charge in [-0.2, -0.15) is 9.61 Å². The second-order valence-corrected chi connectivity index (χ2v) is 8.20. The summed E-state index contributed by atoms with van der Waals surface area (Å²) in [5.41, 5.74) is 1.07. The molecule has 144 valence electrons. The summed E-state index contributed by atoms with van der Waals surface area (Å²) < 4.78 is 7.61. The standard InChI is InChI=1S/C19H25N5O2S/c1-13(2)26-15-7-5-4-6-14(15)16(23-10-8-22(3)9-11-23)17-18(25)24-19(27-17)20-12-21-24/h4-7,12-13,16,25H,8-11H2,1-3H3. The summed E-state index contributed by atoms with van der Waals surface area (Å²) in [6.45, 7) is 7.88. The maximum atomic E-state index is 10.9. The number of para-hydroxylation sites is 1. The summed E-state index contributed by atoms with van der Waals surface area (Å²) in [4.78, 5) is 10.5. The van der Waals surface area contributed by atoms with Crippen LogP contribution < -0.4 is 4.74 Å². The van der Waals surface area contributed by atoms with Crippen molar-refractivity contribution >= 4 is 16.3 Å². The maximum absolute atomic E-state index is 10.9. The predicted molar refractivity (Wildman–Crippen MR) is 106 cm³/mol. The molecule has 2 aromatic heterocycles. The fraction of sp³-hybridized carbons (Fsp3) is 0.474. The Kier molecular flexibility index (Phi) is 5.03. The van der Waals surface area contributed by atoms with Gasteiger partial charge in [-0.25, -0.2) is 4.98 Å². The number of fused-ring (bicyclic) bond motifs is 1. The quantitative estimate of drug-likeness (QED) is 0.726. The lowest BCUT2D eigenvalue weighted by atomic mass is 10.0. The van der Waals surface area contributed by atoms with E-state index in [4.69, 9.17) is 4.74 Å². The number of aromatic hydroxyl groups is 1. The fourth-order valence-corrected chi connectivity index (χ4v) is 4.61. The fourth-order valence-electron chi connectivity index (χ4n) is 3.52. The summed E-state index contributed by atoms with van der Waals surface area (Å²) in [6.07, 6.45) is 1.55. The van der Waals surface area contributed by atoms with Crippen LogP contribution in [0.2, 0.25) is 0 Å². The summed E-state index contributed by atoms with van der Waals surface area (Å²) in [7, 11) is 2.14. The minimum Gasteiger partial charge on any atom is -0.492 e. The molecule has 0 amide bonds. The van der Waals surface area contributed by atoms with Gasteiger partial charge in [-0.3, -0.25) is 4.90 Å². The lowest BCUT2D eigenvalue weighted by Gasteiger charge is -2.38. The molecule has 0 radical (unpaired) electrons. The Morgan fingerprint density at radius 2 is 1.89 bits per heavy atom. The molecule has 1 fully saturated rings. The van der Waals surface area contributed by atoms with Gasteiger partial charge in [0, 0.05) is 31.7 Å². The highest BCUT2D eigenvalue weighted by Crippen LogP contribution is 2.42. The first kappa shape index (κ1) is 18.2. The molecule has 1 aliphatic rings. The molecule has 0 saturated carbocycles. The molecule has 3 aromatic rings. The van der Waals surface area contributed by atoms with Crippen LogP contribution in [-0.2, 0) is 0 Å². The van der Waals surface area contributed by atoms with Crippen molar-refractivity contribution in [2.24, 2.45) is 0 Å². The van der Waals surface area contributed by atoms with Crippen LogP contribution in [0.15, 0.2) is 30.6 Å². The van der Waals surface area contributed by atoms with Crippen LogP contribution >= 0.6 is 11.3 Å². The van der Waals surface area contributed by atoms with Crippen LogP contribution in [0, 0.1) is 0 Å². The summed E-state index contributed by atoms with van der Waals surface area (Å²) in [6, 6.07) is 8.02. The zero-order chi connectivity index (χ0) is 19.0. The molecule has 3 heterocycles. The summed E-state index contributed by atoms with van der Waals surface area (Å²) >= 11 is 1.48. The molecule has 1 unspecified atom stereocenters. The van der Waals surface area contributed by atoms with Crippen LogP contribution in [0.3, 0.4) is 0 Å². The van der Waals surface area contributed by atoms with E-state index >= 15 is 0 Å². The molecule has 0 spiro atoms. The van der Waals surface area contributed by atoms with Gasteiger partial charge in [0.15, 0.2) is 0 Å². The first-order chi connectivity index (χ1) is 13.0. The molecule has 0 aliphatic carbocycles. The number of hydrogen-bond donors (Lipinski definition) is 1. The Morgan fingerprint density at radius 1 is 1.15 bits per heavy atom. The zero-order valence-electron chi connectivity index (χ0n) is 15.9. The number of aromatic nitrogens is 3. The lowest BCUT2D eigenvalue weighted by molar-refractivity contribution is 0.124. The van der Waals surface area contributed by atoms with Gasteiger partial charge in [0.05, 0.1) is 17.0 Å². The minimum atomic E-state index is -0.0952. The number of nitrogens with zero attached hydrogens (tertiary/aromatic N) is 5. The first-order valence-corrected chi connectivity index (χ1v) is 10.1. The predicted octanol–water partition coefficient (Wildman–Crippen LogP) is 2.62. The van der Waals surface area contributed by atoms with Crippen LogP contribution in [0.4, 0.5) is 0 Å². The molecule has 7 nitrogen and oxygen atoms in total. The van der Waals surface area contributed by atoms with Crippen molar-refractivity contribution in [2.45, 2.75) is 26.0 Å². The second-order valence-electron chi connectivity index (χ2n) is 7.19. The highest BCUT2D eigenvalue weighted by atomic mass is 32.1. The molecule has 1 N–H and O–H groups in total. The van der Waals surface area contributed by atoms with Gasteiger partial charge in [-0.15, -0.1) is 0 Å². The Morgan fingerprint density at radius 3 is 2.59 bits per heavy atom. The number of ether oxygens (including phenoxy) is 1. The number of piperazine rings is 1. The van der Waals surface area contributed by atoms with Crippen LogP contribution in [-0.4, -0.2) is 68.8 Å². The van der Waals surface area contributed by atoms with Crippen molar-refractivity contribution in [3.63, 3.8) is 0 Å². The molecule has 0 bridgehead atoms. The van der Waals surface area contributed by atoms with Gasteiger partial charge in [0.25, 0.3) is 0 Å². The second kappa shape index (κ2) is 7.46. The largest absolute Gasteiger partial charge is 0.492 e. The van der Waals surface area contributed by atoms with Gasteiger partial charge in [-0.05, 0) is 27.0 Å². The average Bonchev–Trinajstić information content (AvgIpc) is 3.22. The van der Waals surface area contributed by atoms with E-state index in [1.54, 1.807) is 0 Å². The van der Waals surface area contributed by atoms with E-state index in [1.165, 1.54) is 22.2 Å². The van der Waals surface area contributed by atoms with E-state index in [1.807, 2.05) is 32.0 Å². The molecule has 8 heteroatoms. The molecule has 1 saturated heterocycles. The SMILES string of the molecule is CC(C)Oc1ccccc1C(c1sc2ncnn2c1O)N1CCN(C)CC1. The van der Waals surface area contributed by atoms with Gasteiger partial charge >= 0.3 is 0 Å². The van der Waals surface area contributed by atoms with Crippen LogP contribution in [0.1, 0.15) is 30.3 Å². The van der Waals surface area contributed by atoms with E-state index in [-0.39, 0.29) is 18.0 Å². The number of hydrogen-bond acceptors (Lipinski definition) is 7. The third-order valence-corrected chi connectivity index (χ3v) is 5.95. The number of rotatable bonds is 5. The lowest BCUT2D eigenvalue weighted by Crippen LogP contribution is -2.46. The van der Waals surface area contributed by atoms with Crippen molar-refractivity contribution in [2.75, 3.05) is 33.2 Å². The van der Waals surface area contributed by atoms with Gasteiger partial charge in [0.2, 0.25) is 10.8 Å². The minimum absolute atomic E-state index is 0.0789. The topological polar surface area (TPSA) is 66.1 Å². The van der Waals surface area contributed by atoms with E-state index in [0.717, 1.165) is 42.4 Å². The molecule has 1 aliphatic heterocycles. The number of thiazole rings is 1. The average molecular weight is 388 g/mol. The van der Waals surface area contributed by atoms with Crippen molar-refractivity contribution in [1.82, 2.24) is 24.4 Å². The Labute approximate surface area is 162 Å². The molecule has 1 aromatic carbocycles. The van der Waals surface area contributed by atoms with E-state index in [0.29, 0.717) is 4.96 Å².